The van der Waals surface area contributed by atoms with Crippen LogP contribution in [0.1, 0.15) is 6.92 Å². The van der Waals surface area contributed by atoms with Gasteiger partial charge >= 0.3 is 6.09 Å². The van der Waals surface area contributed by atoms with E-state index >= 15 is 0 Å². The third-order valence-corrected chi connectivity index (χ3v) is 4.74. The maximum atomic E-state index is 11.9. The van der Waals surface area contributed by atoms with Crippen molar-refractivity contribution in [2.24, 2.45) is 0 Å². The normalized spacial score (nSPS) is 14.6. The number of nitrogens with zero attached hydrogens (tertiary/aromatic N) is 6. The lowest BCUT2D eigenvalue weighted by Crippen LogP contribution is -2.49. The lowest BCUT2D eigenvalue weighted by atomic mass is 10.3. The number of halogens is 1. The third-order valence-electron chi connectivity index (χ3n) is 4.50. The van der Waals surface area contributed by atoms with E-state index in [2.05, 4.69) is 20.0 Å². The number of benzene rings is 1. The average Bonchev–Trinajstić information content (AvgIpc) is 3.12. The Bertz CT molecular complexity index is 967. The van der Waals surface area contributed by atoms with Crippen molar-refractivity contribution in [2.75, 3.05) is 37.7 Å². The highest BCUT2D eigenvalue weighted by Crippen LogP contribution is 2.26. The van der Waals surface area contributed by atoms with Crippen LogP contribution in [-0.4, -0.2) is 63.5 Å². The van der Waals surface area contributed by atoms with Gasteiger partial charge in [0.1, 0.15) is 12.1 Å². The molecule has 0 N–H and O–H groups in total. The van der Waals surface area contributed by atoms with E-state index in [9.17, 15) is 4.79 Å². The number of fused-ring (bicyclic) bond motifs is 1. The second-order valence-electron chi connectivity index (χ2n) is 6.14. The number of carbonyl (C=O) groups is 1. The Balaban J connectivity index is 1.60. The van der Waals surface area contributed by atoms with Gasteiger partial charge in [0.05, 0.1) is 23.9 Å². The van der Waals surface area contributed by atoms with Gasteiger partial charge in [0.15, 0.2) is 5.65 Å². The van der Waals surface area contributed by atoms with Crippen LogP contribution in [0, 0.1) is 0 Å². The van der Waals surface area contributed by atoms with Crippen LogP contribution in [0.2, 0.25) is 5.02 Å². The highest BCUT2D eigenvalue weighted by atomic mass is 35.5. The molecule has 0 spiro atoms. The zero-order valence-corrected chi connectivity index (χ0v) is 15.6. The van der Waals surface area contributed by atoms with Gasteiger partial charge in [-0.05, 0) is 25.1 Å². The van der Waals surface area contributed by atoms with Gasteiger partial charge in [-0.1, -0.05) is 17.7 Å². The predicted molar refractivity (Wildman–Crippen MR) is 102 cm³/mol. The molecule has 1 aromatic carbocycles. The summed E-state index contributed by atoms with van der Waals surface area (Å²) in [6.07, 6.45) is 3.04. The van der Waals surface area contributed by atoms with Crippen molar-refractivity contribution in [3.8, 4) is 5.69 Å². The molecule has 3 aromatic rings. The Hall–Kier alpha value is -2.87. The summed E-state index contributed by atoms with van der Waals surface area (Å²) in [5, 5.41) is 5.98. The van der Waals surface area contributed by atoms with Gasteiger partial charge < -0.3 is 14.5 Å². The minimum Gasteiger partial charge on any atom is -0.450 e. The highest BCUT2D eigenvalue weighted by Gasteiger charge is 2.24. The Morgan fingerprint density at radius 3 is 2.78 bits per heavy atom. The molecule has 0 radical (unpaired) electrons. The predicted octanol–water partition coefficient (Wildman–Crippen LogP) is 2.75. The number of hydrogen-bond acceptors (Lipinski definition) is 6. The second-order valence-corrected chi connectivity index (χ2v) is 6.58. The quantitative estimate of drug-likeness (QED) is 0.689. The van der Waals surface area contributed by atoms with Crippen LogP contribution in [0.25, 0.3) is 16.7 Å². The maximum absolute atomic E-state index is 11.9. The summed E-state index contributed by atoms with van der Waals surface area (Å²) in [5.74, 6) is 0.816. The fourth-order valence-corrected chi connectivity index (χ4v) is 3.38. The molecule has 0 bridgehead atoms. The molecule has 0 unspecified atom stereocenters. The summed E-state index contributed by atoms with van der Waals surface area (Å²) < 4.78 is 6.82. The van der Waals surface area contributed by atoms with E-state index in [1.807, 2.05) is 31.2 Å². The fraction of sp³-hybridized carbons (Fsp3) is 0.333. The molecule has 0 atom stereocenters. The number of anilines is 1. The minimum absolute atomic E-state index is 0.265. The molecule has 140 valence electrons. The molecule has 1 saturated heterocycles. The zero-order valence-electron chi connectivity index (χ0n) is 14.9. The number of hydrogen-bond donors (Lipinski definition) is 0. The first-order valence-corrected chi connectivity index (χ1v) is 9.16. The molecular formula is C18H19ClN6O2. The molecule has 4 rings (SSSR count). The van der Waals surface area contributed by atoms with Crippen LogP contribution >= 0.6 is 11.6 Å². The van der Waals surface area contributed by atoms with Gasteiger partial charge in [-0.2, -0.15) is 5.10 Å². The Labute approximate surface area is 161 Å². The number of piperazine rings is 1. The van der Waals surface area contributed by atoms with Crippen molar-refractivity contribution < 1.29 is 9.53 Å². The van der Waals surface area contributed by atoms with Crippen LogP contribution in [0.3, 0.4) is 0 Å². The molecular weight excluding hydrogens is 368 g/mol. The maximum Gasteiger partial charge on any atom is 0.409 e. The Morgan fingerprint density at radius 2 is 2.04 bits per heavy atom. The first-order chi connectivity index (χ1) is 13.2. The average molecular weight is 387 g/mol. The fourth-order valence-electron chi connectivity index (χ4n) is 3.20. The smallest absolute Gasteiger partial charge is 0.409 e. The summed E-state index contributed by atoms with van der Waals surface area (Å²) in [7, 11) is 0. The van der Waals surface area contributed by atoms with E-state index in [0.29, 0.717) is 37.8 Å². The number of aromatic nitrogens is 4. The van der Waals surface area contributed by atoms with Crippen molar-refractivity contribution in [1.29, 1.82) is 0 Å². The van der Waals surface area contributed by atoms with Gasteiger partial charge in [-0.3, -0.25) is 0 Å². The van der Waals surface area contributed by atoms with E-state index in [4.69, 9.17) is 16.3 Å². The largest absolute Gasteiger partial charge is 0.450 e. The summed E-state index contributed by atoms with van der Waals surface area (Å²) in [4.78, 5) is 24.6. The monoisotopic (exact) mass is 386 g/mol. The molecule has 1 aliphatic heterocycles. The summed E-state index contributed by atoms with van der Waals surface area (Å²) in [6.45, 7) is 4.72. The van der Waals surface area contributed by atoms with Gasteiger partial charge in [-0.25, -0.2) is 19.4 Å². The van der Waals surface area contributed by atoms with E-state index < -0.39 is 0 Å². The Kier molecular flexibility index (Phi) is 4.81. The minimum atomic E-state index is -0.265. The summed E-state index contributed by atoms with van der Waals surface area (Å²) in [6, 6.07) is 7.47. The zero-order chi connectivity index (χ0) is 18.8. The standard InChI is InChI=1S/C18H19ClN6O2/c1-2-27-18(26)24-8-6-23(7-9-24)16-15-11-22-25(17(15)21-12-20-16)14-5-3-4-13(19)10-14/h3-5,10-12H,2,6-9H2,1H3. The molecule has 9 heteroatoms. The molecule has 0 saturated carbocycles. The van der Waals surface area contributed by atoms with Crippen LogP contribution in [0.4, 0.5) is 10.6 Å². The summed E-state index contributed by atoms with van der Waals surface area (Å²) in [5.41, 5.74) is 1.56. The van der Waals surface area contributed by atoms with Gasteiger partial charge in [-0.15, -0.1) is 0 Å². The van der Waals surface area contributed by atoms with E-state index in [1.165, 1.54) is 6.33 Å². The first kappa shape index (κ1) is 17.5. The SMILES string of the molecule is CCOC(=O)N1CCN(c2ncnc3c2cnn3-c2cccc(Cl)c2)CC1. The molecule has 2 aromatic heterocycles. The lowest BCUT2D eigenvalue weighted by molar-refractivity contribution is 0.105. The van der Waals surface area contributed by atoms with Gasteiger partial charge in [0, 0.05) is 31.2 Å². The number of ether oxygens (including phenoxy) is 1. The van der Waals surface area contributed by atoms with Gasteiger partial charge in [0.2, 0.25) is 0 Å². The lowest BCUT2D eigenvalue weighted by Gasteiger charge is -2.34. The summed E-state index contributed by atoms with van der Waals surface area (Å²) >= 11 is 6.10. The number of carbonyl (C=O) groups excluding carboxylic acids is 1. The van der Waals surface area contributed by atoms with Crippen LogP contribution in [0.15, 0.2) is 36.8 Å². The molecule has 1 amide bonds. The van der Waals surface area contributed by atoms with Crippen molar-refractivity contribution in [1.82, 2.24) is 24.6 Å². The second kappa shape index (κ2) is 7.40. The molecule has 8 nitrogen and oxygen atoms in total. The molecule has 1 fully saturated rings. The van der Waals surface area contributed by atoms with Crippen molar-refractivity contribution in [3.05, 3.63) is 41.8 Å². The van der Waals surface area contributed by atoms with Crippen LogP contribution in [0.5, 0.6) is 0 Å². The Morgan fingerprint density at radius 1 is 1.22 bits per heavy atom. The topological polar surface area (TPSA) is 76.4 Å². The van der Waals surface area contributed by atoms with Crippen LogP contribution in [-0.2, 0) is 4.74 Å². The van der Waals surface area contributed by atoms with Crippen molar-refractivity contribution in [2.45, 2.75) is 6.92 Å². The molecule has 27 heavy (non-hydrogen) atoms. The van der Waals surface area contributed by atoms with E-state index in [-0.39, 0.29) is 6.09 Å². The van der Waals surface area contributed by atoms with Crippen molar-refractivity contribution >= 4 is 34.5 Å². The van der Waals surface area contributed by atoms with Crippen LogP contribution < -0.4 is 4.90 Å². The van der Waals surface area contributed by atoms with Crippen molar-refractivity contribution in [3.63, 3.8) is 0 Å². The first-order valence-electron chi connectivity index (χ1n) is 8.78. The highest BCUT2D eigenvalue weighted by molar-refractivity contribution is 6.30. The van der Waals surface area contributed by atoms with Gasteiger partial charge in [0.25, 0.3) is 0 Å². The molecule has 0 aliphatic carbocycles. The van der Waals surface area contributed by atoms with E-state index in [0.717, 1.165) is 22.5 Å². The third kappa shape index (κ3) is 3.40. The number of rotatable bonds is 3. The molecule has 3 heterocycles. The molecule has 1 aliphatic rings. The number of amides is 1. The van der Waals surface area contributed by atoms with E-state index in [1.54, 1.807) is 15.8 Å².